The van der Waals surface area contributed by atoms with Crippen molar-refractivity contribution in [1.82, 2.24) is 9.97 Å². The number of aromatic nitrogens is 2. The lowest BCUT2D eigenvalue weighted by Crippen LogP contribution is -2.14. The molecule has 0 aliphatic rings. The number of nitrogens with zero attached hydrogens (tertiary/aromatic N) is 2. The van der Waals surface area contributed by atoms with Crippen molar-refractivity contribution in [2.45, 2.75) is 13.5 Å². The molecule has 3 N–H and O–H groups in total. The number of hydrogen-bond acceptors (Lipinski definition) is 5. The lowest BCUT2D eigenvalue weighted by Gasteiger charge is -2.08. The molecule has 0 radical (unpaired) electrons. The predicted octanol–water partition coefficient (Wildman–Crippen LogP) is 2.01. The fourth-order valence-electron chi connectivity index (χ4n) is 1.70. The third kappa shape index (κ3) is 3.52. The molecule has 0 amide bonds. The van der Waals surface area contributed by atoms with E-state index in [2.05, 4.69) is 9.97 Å². The summed E-state index contributed by atoms with van der Waals surface area (Å²) in [6.07, 6.45) is 0. The van der Waals surface area contributed by atoms with Gasteiger partial charge in [0.25, 0.3) is 0 Å². The first kappa shape index (κ1) is 14.0. The van der Waals surface area contributed by atoms with Crippen LogP contribution in [0, 0.1) is 12.3 Å². The highest BCUT2D eigenvalue weighted by atomic mass is 16.5. The summed E-state index contributed by atoms with van der Waals surface area (Å²) in [5.41, 5.74) is 7.46. The summed E-state index contributed by atoms with van der Waals surface area (Å²) in [6, 6.07) is 9.27. The summed E-state index contributed by atoms with van der Waals surface area (Å²) >= 11 is 0. The Morgan fingerprint density at radius 2 is 2.10 bits per heavy atom. The molecule has 2 rings (SSSR count). The van der Waals surface area contributed by atoms with Crippen LogP contribution in [-0.4, -0.2) is 22.9 Å². The van der Waals surface area contributed by atoms with Gasteiger partial charge in [-0.05, 0) is 30.7 Å². The van der Waals surface area contributed by atoms with Gasteiger partial charge in [0.05, 0.1) is 6.61 Å². The van der Waals surface area contributed by atoms with Crippen LogP contribution < -0.4 is 10.5 Å². The topological polar surface area (TPSA) is 94.1 Å². The average Bonchev–Trinajstić information content (AvgIpc) is 2.38. The molecule has 0 aliphatic carbocycles. The van der Waals surface area contributed by atoms with Crippen LogP contribution in [0.1, 0.15) is 17.0 Å². The van der Waals surface area contributed by atoms with Crippen molar-refractivity contribution in [2.24, 2.45) is 5.73 Å². The minimum Gasteiger partial charge on any atom is -0.424 e. The van der Waals surface area contributed by atoms with Gasteiger partial charge in [0.1, 0.15) is 17.3 Å². The second-order valence-electron chi connectivity index (χ2n) is 4.27. The van der Waals surface area contributed by atoms with E-state index in [-0.39, 0.29) is 11.8 Å². The Labute approximate surface area is 117 Å². The third-order valence-electron chi connectivity index (χ3n) is 2.53. The van der Waals surface area contributed by atoms with E-state index in [1.54, 1.807) is 26.2 Å². The Balaban J connectivity index is 2.25. The number of nitrogens with one attached hydrogen (secondary N) is 1. The van der Waals surface area contributed by atoms with E-state index in [1.165, 1.54) is 0 Å². The van der Waals surface area contributed by atoms with Crippen LogP contribution >= 0.6 is 0 Å². The van der Waals surface area contributed by atoms with E-state index in [1.807, 2.05) is 18.2 Å². The van der Waals surface area contributed by atoms with Crippen molar-refractivity contribution < 1.29 is 9.47 Å². The van der Waals surface area contributed by atoms with Gasteiger partial charge in [0.2, 0.25) is 0 Å². The van der Waals surface area contributed by atoms with Crippen LogP contribution in [0.15, 0.2) is 30.3 Å². The molecule has 0 saturated heterocycles. The minimum atomic E-state index is -0.117. The average molecular weight is 272 g/mol. The van der Waals surface area contributed by atoms with E-state index < -0.39 is 0 Å². The second-order valence-corrected chi connectivity index (χ2v) is 4.27. The molecule has 0 spiro atoms. The Hall–Kier alpha value is -2.47. The summed E-state index contributed by atoms with van der Waals surface area (Å²) in [6.45, 7) is 2.30. The van der Waals surface area contributed by atoms with Crippen molar-refractivity contribution in [3.05, 3.63) is 47.3 Å². The molecule has 104 valence electrons. The zero-order valence-electron chi connectivity index (χ0n) is 11.4. The Bertz CT molecular complexity index is 628. The Morgan fingerprint density at radius 1 is 1.30 bits per heavy atom. The van der Waals surface area contributed by atoms with Crippen LogP contribution in [0.3, 0.4) is 0 Å². The first-order valence-corrected chi connectivity index (χ1v) is 6.04. The molecule has 1 aromatic carbocycles. The van der Waals surface area contributed by atoms with Gasteiger partial charge in [-0.25, -0.2) is 4.98 Å². The summed E-state index contributed by atoms with van der Waals surface area (Å²) in [5.74, 6) is 0.494. The van der Waals surface area contributed by atoms with E-state index in [0.717, 1.165) is 5.56 Å². The number of rotatable bonds is 5. The van der Waals surface area contributed by atoms with Crippen molar-refractivity contribution in [3.8, 4) is 11.8 Å². The maximum atomic E-state index is 7.41. The van der Waals surface area contributed by atoms with Crippen LogP contribution in [-0.2, 0) is 11.3 Å². The number of nitrogen functional groups attached to an aromatic ring is 1. The van der Waals surface area contributed by atoms with Gasteiger partial charge in [0, 0.05) is 12.8 Å². The molecule has 2 aromatic rings. The molecule has 0 atom stereocenters. The van der Waals surface area contributed by atoms with Crippen molar-refractivity contribution >= 4 is 5.84 Å². The SMILES string of the molecule is COCc1cccc(Oc2nc(C)cc(C(=N)N)n2)c1. The molecule has 0 aliphatic heterocycles. The van der Waals surface area contributed by atoms with Gasteiger partial charge in [-0.2, -0.15) is 4.98 Å². The van der Waals surface area contributed by atoms with Crippen LogP contribution in [0.2, 0.25) is 0 Å². The smallest absolute Gasteiger partial charge is 0.322 e. The molecular formula is C14H16N4O2. The van der Waals surface area contributed by atoms with E-state index in [0.29, 0.717) is 23.7 Å². The van der Waals surface area contributed by atoms with Crippen LogP contribution in [0.25, 0.3) is 0 Å². The highest BCUT2D eigenvalue weighted by Crippen LogP contribution is 2.20. The summed E-state index contributed by atoms with van der Waals surface area (Å²) in [7, 11) is 1.64. The molecule has 0 bridgehead atoms. The molecule has 0 unspecified atom stereocenters. The Kier molecular flexibility index (Phi) is 4.27. The lowest BCUT2D eigenvalue weighted by molar-refractivity contribution is 0.184. The number of nitrogens with two attached hydrogens (primary N) is 1. The fraction of sp³-hybridized carbons (Fsp3) is 0.214. The maximum Gasteiger partial charge on any atom is 0.322 e. The number of benzene rings is 1. The van der Waals surface area contributed by atoms with Crippen molar-refractivity contribution in [3.63, 3.8) is 0 Å². The summed E-state index contributed by atoms with van der Waals surface area (Å²) in [4.78, 5) is 8.26. The highest BCUT2D eigenvalue weighted by molar-refractivity contribution is 5.93. The van der Waals surface area contributed by atoms with Crippen LogP contribution in [0.4, 0.5) is 0 Å². The van der Waals surface area contributed by atoms with Crippen LogP contribution in [0.5, 0.6) is 11.8 Å². The Morgan fingerprint density at radius 3 is 2.80 bits per heavy atom. The van der Waals surface area contributed by atoms with E-state index in [9.17, 15) is 0 Å². The number of amidine groups is 1. The zero-order valence-corrected chi connectivity index (χ0v) is 11.4. The molecule has 0 fully saturated rings. The van der Waals surface area contributed by atoms with Gasteiger partial charge in [-0.1, -0.05) is 12.1 Å². The molecule has 1 heterocycles. The third-order valence-corrected chi connectivity index (χ3v) is 2.53. The van der Waals surface area contributed by atoms with Gasteiger partial charge < -0.3 is 15.2 Å². The minimum absolute atomic E-state index is 0.117. The molecular weight excluding hydrogens is 256 g/mol. The van der Waals surface area contributed by atoms with Crippen molar-refractivity contribution in [2.75, 3.05) is 7.11 Å². The first-order chi connectivity index (χ1) is 9.58. The molecule has 20 heavy (non-hydrogen) atoms. The molecule has 6 heteroatoms. The molecule has 0 saturated carbocycles. The summed E-state index contributed by atoms with van der Waals surface area (Å²) < 4.78 is 10.7. The highest BCUT2D eigenvalue weighted by Gasteiger charge is 2.07. The normalized spacial score (nSPS) is 10.3. The molecule has 1 aromatic heterocycles. The monoisotopic (exact) mass is 272 g/mol. The fourth-order valence-corrected chi connectivity index (χ4v) is 1.70. The molecule has 6 nitrogen and oxygen atoms in total. The standard InChI is InChI=1S/C14H16N4O2/c1-9-6-12(13(15)16)18-14(17-9)20-11-5-3-4-10(7-11)8-19-2/h3-7H,8H2,1-2H3,(H3,15,16). The number of ether oxygens (including phenoxy) is 2. The van der Waals surface area contributed by atoms with E-state index in [4.69, 9.17) is 20.6 Å². The predicted molar refractivity (Wildman–Crippen MR) is 75.0 cm³/mol. The second kappa shape index (κ2) is 6.12. The van der Waals surface area contributed by atoms with Crippen molar-refractivity contribution in [1.29, 1.82) is 5.41 Å². The lowest BCUT2D eigenvalue weighted by atomic mass is 10.2. The van der Waals surface area contributed by atoms with E-state index >= 15 is 0 Å². The number of aryl methyl sites for hydroxylation is 1. The van der Waals surface area contributed by atoms with Gasteiger partial charge in [0.15, 0.2) is 0 Å². The maximum absolute atomic E-state index is 7.41. The first-order valence-electron chi connectivity index (χ1n) is 6.04. The number of hydrogen-bond donors (Lipinski definition) is 2. The van der Waals surface area contributed by atoms with Gasteiger partial charge >= 0.3 is 6.01 Å². The van der Waals surface area contributed by atoms with Gasteiger partial charge in [-0.3, -0.25) is 5.41 Å². The summed E-state index contributed by atoms with van der Waals surface area (Å²) in [5, 5.41) is 7.41. The largest absolute Gasteiger partial charge is 0.424 e. The number of methoxy groups -OCH3 is 1. The quantitative estimate of drug-likeness (QED) is 0.641. The zero-order chi connectivity index (χ0) is 14.5. The van der Waals surface area contributed by atoms with Gasteiger partial charge in [-0.15, -0.1) is 0 Å².